The third-order valence-corrected chi connectivity index (χ3v) is 4.43. The van der Waals surface area contributed by atoms with Crippen LogP contribution in [0, 0.1) is 6.92 Å². The topological polar surface area (TPSA) is 136 Å². The van der Waals surface area contributed by atoms with E-state index in [2.05, 4.69) is 30.8 Å². The number of hydrogen-bond donors (Lipinski definition) is 2. The summed E-state index contributed by atoms with van der Waals surface area (Å²) in [5, 5.41) is 23.7. The smallest absolute Gasteiger partial charge is 0.336 e. The molecule has 3 aromatic heterocycles. The molecule has 0 atom stereocenters. The fourth-order valence-electron chi connectivity index (χ4n) is 3.07. The number of anilines is 1. The van der Waals surface area contributed by atoms with Crippen molar-refractivity contribution in [1.29, 1.82) is 0 Å². The normalized spacial score (nSPS) is 10.6. The van der Waals surface area contributed by atoms with Gasteiger partial charge in [-0.05, 0) is 47.7 Å². The predicted molar refractivity (Wildman–Crippen MR) is 106 cm³/mol. The molecule has 0 saturated heterocycles. The molecule has 0 saturated carbocycles. The van der Waals surface area contributed by atoms with Gasteiger partial charge in [0, 0.05) is 46.7 Å². The number of aryl methyl sites for hydroxylation is 1. The van der Waals surface area contributed by atoms with Crippen molar-refractivity contribution in [3.8, 4) is 16.8 Å². The van der Waals surface area contributed by atoms with Crippen molar-refractivity contribution in [2.75, 3.05) is 5.32 Å². The average Bonchev–Trinajstić information content (AvgIpc) is 3.29. The molecule has 10 heteroatoms. The molecule has 148 valence electrons. The first-order valence-electron chi connectivity index (χ1n) is 8.82. The van der Waals surface area contributed by atoms with Gasteiger partial charge in [0.25, 0.3) is 5.91 Å². The molecular weight excluding hydrogens is 386 g/mol. The molecule has 4 rings (SSSR count). The first-order chi connectivity index (χ1) is 14.5. The highest BCUT2D eigenvalue weighted by molar-refractivity contribution is 6.05. The van der Waals surface area contributed by atoms with E-state index < -0.39 is 5.97 Å². The quantitative estimate of drug-likeness (QED) is 0.520. The number of aromatic carboxylic acids is 1. The van der Waals surface area contributed by atoms with E-state index in [1.165, 1.54) is 35.7 Å². The minimum atomic E-state index is -1.08. The molecule has 30 heavy (non-hydrogen) atoms. The van der Waals surface area contributed by atoms with Crippen LogP contribution in [-0.2, 0) is 0 Å². The molecule has 0 aliphatic heterocycles. The van der Waals surface area contributed by atoms with Crippen molar-refractivity contribution >= 4 is 17.6 Å². The van der Waals surface area contributed by atoms with Crippen molar-refractivity contribution in [2.24, 2.45) is 0 Å². The van der Waals surface area contributed by atoms with Gasteiger partial charge in [-0.1, -0.05) is 6.07 Å². The number of carboxylic acid groups (broad SMARTS) is 1. The highest BCUT2D eigenvalue weighted by atomic mass is 16.4. The molecular formula is C20H15N7O3. The second-order valence-corrected chi connectivity index (χ2v) is 6.30. The lowest BCUT2D eigenvalue weighted by molar-refractivity contribution is 0.0697. The number of carbonyl (C=O) groups is 2. The summed E-state index contributed by atoms with van der Waals surface area (Å²) in [5.74, 6) is -1.38. The zero-order chi connectivity index (χ0) is 21.1. The maximum absolute atomic E-state index is 12.5. The van der Waals surface area contributed by atoms with Gasteiger partial charge in [0.2, 0.25) is 0 Å². The zero-order valence-corrected chi connectivity index (χ0v) is 15.7. The number of benzene rings is 1. The summed E-state index contributed by atoms with van der Waals surface area (Å²) in [7, 11) is 0. The molecule has 0 aliphatic rings. The van der Waals surface area contributed by atoms with E-state index in [1.54, 1.807) is 37.3 Å². The van der Waals surface area contributed by atoms with Crippen LogP contribution in [0.4, 0.5) is 5.69 Å². The molecule has 1 aromatic carbocycles. The van der Waals surface area contributed by atoms with E-state index >= 15 is 0 Å². The van der Waals surface area contributed by atoms with E-state index in [0.29, 0.717) is 33.8 Å². The summed E-state index contributed by atoms with van der Waals surface area (Å²) in [6.07, 6.45) is 5.90. The number of nitrogens with one attached hydrogen (secondary N) is 1. The number of carboxylic acids is 1. The van der Waals surface area contributed by atoms with Crippen LogP contribution in [0.1, 0.15) is 26.4 Å². The Bertz CT molecular complexity index is 1220. The van der Waals surface area contributed by atoms with Gasteiger partial charge in [0.1, 0.15) is 6.33 Å². The highest BCUT2D eigenvalue weighted by Gasteiger charge is 2.20. The van der Waals surface area contributed by atoms with Crippen molar-refractivity contribution in [2.45, 2.75) is 6.92 Å². The number of pyridine rings is 2. The number of aromatic nitrogens is 6. The van der Waals surface area contributed by atoms with E-state index in [0.717, 1.165) is 0 Å². The standard InChI is InChI=1S/C20H15N7O3/c1-12-18(16(20(29)30)6-9-22-12)15-3-2-14(10-17(15)27-11-23-25-26-27)24-19(28)13-4-7-21-8-5-13/h2-11H,1H3,(H,24,28)(H,29,30). The second kappa shape index (κ2) is 7.87. The zero-order valence-electron chi connectivity index (χ0n) is 15.7. The van der Waals surface area contributed by atoms with Gasteiger partial charge in [-0.3, -0.25) is 14.8 Å². The van der Waals surface area contributed by atoms with Crippen LogP contribution in [-0.4, -0.2) is 47.2 Å². The van der Waals surface area contributed by atoms with Crippen LogP contribution in [0.5, 0.6) is 0 Å². The van der Waals surface area contributed by atoms with E-state index in [9.17, 15) is 14.7 Å². The number of tetrazole rings is 1. The third-order valence-electron chi connectivity index (χ3n) is 4.43. The Balaban J connectivity index is 1.82. The lowest BCUT2D eigenvalue weighted by atomic mass is 9.96. The minimum Gasteiger partial charge on any atom is -0.478 e. The summed E-state index contributed by atoms with van der Waals surface area (Å²) in [5.41, 5.74) is 3.09. The summed E-state index contributed by atoms with van der Waals surface area (Å²) in [6.45, 7) is 1.73. The lowest BCUT2D eigenvalue weighted by Gasteiger charge is -2.15. The van der Waals surface area contributed by atoms with E-state index in [1.807, 2.05) is 0 Å². The third kappa shape index (κ3) is 3.61. The number of nitrogens with zero attached hydrogens (tertiary/aromatic N) is 6. The maximum Gasteiger partial charge on any atom is 0.336 e. The Morgan fingerprint density at radius 1 is 1.07 bits per heavy atom. The van der Waals surface area contributed by atoms with Crippen LogP contribution in [0.2, 0.25) is 0 Å². The van der Waals surface area contributed by atoms with Gasteiger partial charge in [-0.15, -0.1) is 5.10 Å². The molecule has 4 aromatic rings. The molecule has 2 N–H and O–H groups in total. The molecule has 3 heterocycles. The minimum absolute atomic E-state index is 0.102. The highest BCUT2D eigenvalue weighted by Crippen LogP contribution is 2.33. The summed E-state index contributed by atoms with van der Waals surface area (Å²) >= 11 is 0. The Morgan fingerprint density at radius 3 is 2.57 bits per heavy atom. The van der Waals surface area contributed by atoms with Crippen molar-refractivity contribution < 1.29 is 14.7 Å². The predicted octanol–water partition coefficient (Wildman–Crippen LogP) is 2.38. The SMILES string of the molecule is Cc1nccc(C(=O)O)c1-c1ccc(NC(=O)c2ccncc2)cc1-n1cnnn1. The maximum atomic E-state index is 12.5. The number of amides is 1. The van der Waals surface area contributed by atoms with Crippen LogP contribution in [0.15, 0.2) is 61.3 Å². The van der Waals surface area contributed by atoms with Crippen LogP contribution < -0.4 is 5.32 Å². The van der Waals surface area contributed by atoms with Crippen LogP contribution in [0.3, 0.4) is 0 Å². The van der Waals surface area contributed by atoms with Crippen molar-refractivity contribution in [3.63, 3.8) is 0 Å². The first-order valence-corrected chi connectivity index (χ1v) is 8.82. The summed E-state index contributed by atoms with van der Waals surface area (Å²) < 4.78 is 1.40. The molecule has 0 spiro atoms. The number of hydrogen-bond acceptors (Lipinski definition) is 7. The van der Waals surface area contributed by atoms with Crippen molar-refractivity contribution in [3.05, 3.63) is 78.1 Å². The van der Waals surface area contributed by atoms with Crippen LogP contribution >= 0.6 is 0 Å². The molecule has 0 aliphatic carbocycles. The Kier molecular flexibility index (Phi) is 4.95. The van der Waals surface area contributed by atoms with Gasteiger partial charge in [-0.25, -0.2) is 4.79 Å². The summed E-state index contributed by atoms with van der Waals surface area (Å²) in [6, 6.07) is 9.69. The van der Waals surface area contributed by atoms with Gasteiger partial charge in [-0.2, -0.15) is 4.68 Å². The molecule has 10 nitrogen and oxygen atoms in total. The van der Waals surface area contributed by atoms with Gasteiger partial charge in [0.05, 0.1) is 11.3 Å². The molecule has 0 bridgehead atoms. The fourth-order valence-corrected chi connectivity index (χ4v) is 3.07. The molecule has 1 amide bonds. The number of carbonyl (C=O) groups excluding carboxylic acids is 1. The molecule has 0 unspecified atom stereocenters. The Hall–Kier alpha value is -4.47. The molecule has 0 fully saturated rings. The number of rotatable bonds is 5. The molecule has 0 radical (unpaired) electrons. The van der Waals surface area contributed by atoms with Gasteiger partial charge >= 0.3 is 5.97 Å². The Labute approximate surface area is 170 Å². The first kappa shape index (κ1) is 18.9. The summed E-state index contributed by atoms with van der Waals surface area (Å²) in [4.78, 5) is 32.4. The van der Waals surface area contributed by atoms with E-state index in [4.69, 9.17) is 0 Å². The fraction of sp³-hybridized carbons (Fsp3) is 0.0500. The lowest BCUT2D eigenvalue weighted by Crippen LogP contribution is -2.13. The largest absolute Gasteiger partial charge is 0.478 e. The van der Waals surface area contributed by atoms with Gasteiger partial charge in [0.15, 0.2) is 0 Å². The Morgan fingerprint density at radius 2 is 1.87 bits per heavy atom. The average molecular weight is 401 g/mol. The van der Waals surface area contributed by atoms with Gasteiger partial charge < -0.3 is 10.4 Å². The monoisotopic (exact) mass is 401 g/mol. The van der Waals surface area contributed by atoms with Crippen molar-refractivity contribution in [1.82, 2.24) is 30.2 Å². The van der Waals surface area contributed by atoms with E-state index in [-0.39, 0.29) is 11.5 Å². The van der Waals surface area contributed by atoms with Crippen LogP contribution in [0.25, 0.3) is 16.8 Å². The second-order valence-electron chi connectivity index (χ2n) is 6.30.